The van der Waals surface area contributed by atoms with Crippen LogP contribution >= 0.6 is 0 Å². The van der Waals surface area contributed by atoms with Crippen molar-refractivity contribution in [3.05, 3.63) is 18.7 Å². The number of nitrogens with zero attached hydrogens (tertiary/aromatic N) is 2. The molecule has 0 bridgehead atoms. The van der Waals surface area contributed by atoms with Gasteiger partial charge in [-0.25, -0.2) is 9.78 Å². The highest BCUT2D eigenvalue weighted by Crippen LogP contribution is 1.96. The quantitative estimate of drug-likeness (QED) is 0.544. The molecule has 8 heteroatoms. The Balaban J connectivity index is 2.04. The van der Waals surface area contributed by atoms with Crippen LogP contribution in [-0.2, 0) is 16.1 Å². The number of carboxylic acids is 1. The van der Waals surface area contributed by atoms with Gasteiger partial charge in [-0.2, -0.15) is 0 Å². The number of hydrogen-bond acceptors (Lipinski definition) is 4. The second-order valence-corrected chi connectivity index (χ2v) is 4.60. The maximum absolute atomic E-state index is 11.5. The summed E-state index contributed by atoms with van der Waals surface area (Å²) in [7, 11) is 1.42. The van der Waals surface area contributed by atoms with Crippen LogP contribution in [0.15, 0.2) is 18.7 Å². The third-order valence-electron chi connectivity index (χ3n) is 2.91. The SMILES string of the molecule is COC(CNC(=O)NCCCCn1ccnc1)CC(=O)O. The average molecular weight is 298 g/mol. The molecule has 0 aliphatic heterocycles. The summed E-state index contributed by atoms with van der Waals surface area (Å²) in [4.78, 5) is 26.0. The fraction of sp³-hybridized carbons (Fsp3) is 0.615. The lowest BCUT2D eigenvalue weighted by molar-refractivity contribution is -0.139. The van der Waals surface area contributed by atoms with E-state index in [1.54, 1.807) is 12.5 Å². The first-order valence-electron chi connectivity index (χ1n) is 6.84. The second kappa shape index (κ2) is 9.76. The number of amides is 2. The van der Waals surface area contributed by atoms with Crippen molar-refractivity contribution in [1.82, 2.24) is 20.2 Å². The molecule has 0 aliphatic rings. The number of hydrogen-bond donors (Lipinski definition) is 3. The lowest BCUT2D eigenvalue weighted by Gasteiger charge is -2.14. The van der Waals surface area contributed by atoms with E-state index in [4.69, 9.17) is 9.84 Å². The lowest BCUT2D eigenvalue weighted by atomic mass is 10.2. The number of carbonyl (C=O) groups excluding carboxylic acids is 1. The Hall–Kier alpha value is -2.09. The van der Waals surface area contributed by atoms with Crippen molar-refractivity contribution in [2.45, 2.75) is 31.9 Å². The zero-order valence-electron chi connectivity index (χ0n) is 12.1. The van der Waals surface area contributed by atoms with Gasteiger partial charge in [-0.3, -0.25) is 4.79 Å². The highest BCUT2D eigenvalue weighted by Gasteiger charge is 2.13. The number of aryl methyl sites for hydroxylation is 1. The predicted octanol–water partition coefficient (Wildman–Crippen LogP) is 0.452. The van der Waals surface area contributed by atoms with E-state index in [0.717, 1.165) is 19.4 Å². The van der Waals surface area contributed by atoms with Crippen LogP contribution in [0.5, 0.6) is 0 Å². The molecule has 3 N–H and O–H groups in total. The minimum absolute atomic E-state index is 0.137. The third kappa shape index (κ3) is 7.93. The maximum Gasteiger partial charge on any atom is 0.314 e. The molecule has 0 spiro atoms. The molecule has 1 unspecified atom stereocenters. The van der Waals surface area contributed by atoms with Crippen molar-refractivity contribution in [1.29, 1.82) is 0 Å². The normalized spacial score (nSPS) is 11.9. The van der Waals surface area contributed by atoms with E-state index in [9.17, 15) is 9.59 Å². The van der Waals surface area contributed by atoms with Crippen LogP contribution in [0.4, 0.5) is 4.79 Å². The lowest BCUT2D eigenvalue weighted by Crippen LogP contribution is -2.41. The van der Waals surface area contributed by atoms with Crippen LogP contribution in [0.3, 0.4) is 0 Å². The van der Waals surface area contributed by atoms with Crippen LogP contribution in [0.25, 0.3) is 0 Å². The Bertz CT molecular complexity index is 422. The molecule has 0 aliphatic carbocycles. The largest absolute Gasteiger partial charge is 0.481 e. The number of carbonyl (C=O) groups is 2. The topological polar surface area (TPSA) is 105 Å². The van der Waals surface area contributed by atoms with E-state index in [1.807, 2.05) is 10.8 Å². The molecule has 0 radical (unpaired) electrons. The van der Waals surface area contributed by atoms with Crippen LogP contribution in [-0.4, -0.2) is 53.0 Å². The van der Waals surface area contributed by atoms with E-state index in [-0.39, 0.29) is 19.0 Å². The van der Waals surface area contributed by atoms with Crippen molar-refractivity contribution in [3.8, 4) is 0 Å². The molecule has 0 aromatic carbocycles. The van der Waals surface area contributed by atoms with E-state index in [1.165, 1.54) is 7.11 Å². The standard InChI is InChI=1S/C13H22N4O4/c1-21-11(8-12(18)19)9-16-13(20)15-4-2-3-6-17-7-5-14-10-17/h5,7,10-11H,2-4,6,8-9H2,1H3,(H,18,19)(H2,15,16,20). The molecule has 118 valence electrons. The number of urea groups is 1. The van der Waals surface area contributed by atoms with Crippen LogP contribution < -0.4 is 10.6 Å². The molecular formula is C13H22N4O4. The Morgan fingerprint density at radius 1 is 1.38 bits per heavy atom. The molecular weight excluding hydrogens is 276 g/mol. The van der Waals surface area contributed by atoms with Gasteiger partial charge in [-0.15, -0.1) is 0 Å². The number of ether oxygens (including phenoxy) is 1. The molecule has 0 saturated heterocycles. The van der Waals surface area contributed by atoms with E-state index in [0.29, 0.717) is 6.54 Å². The summed E-state index contributed by atoms with van der Waals surface area (Å²) in [5, 5.41) is 14.0. The Kier molecular flexibility index (Phi) is 7.88. The Labute approximate surface area is 123 Å². The molecule has 1 rings (SSSR count). The zero-order chi connectivity index (χ0) is 15.5. The van der Waals surface area contributed by atoms with E-state index in [2.05, 4.69) is 15.6 Å². The zero-order valence-corrected chi connectivity index (χ0v) is 12.1. The first-order valence-corrected chi connectivity index (χ1v) is 6.84. The Morgan fingerprint density at radius 2 is 2.19 bits per heavy atom. The predicted molar refractivity (Wildman–Crippen MR) is 75.9 cm³/mol. The molecule has 2 amide bonds. The van der Waals surface area contributed by atoms with Crippen LogP contribution in [0, 0.1) is 0 Å². The van der Waals surface area contributed by atoms with Gasteiger partial charge in [0.25, 0.3) is 0 Å². The number of aliphatic carboxylic acids is 1. The van der Waals surface area contributed by atoms with E-state index < -0.39 is 12.1 Å². The van der Waals surface area contributed by atoms with Crippen LogP contribution in [0.2, 0.25) is 0 Å². The molecule has 1 aromatic heterocycles. The number of rotatable bonds is 10. The molecule has 8 nitrogen and oxygen atoms in total. The van der Waals surface area contributed by atoms with Gasteiger partial charge < -0.3 is 25.0 Å². The number of nitrogens with one attached hydrogen (secondary N) is 2. The summed E-state index contributed by atoms with van der Waals surface area (Å²) in [6.07, 6.45) is 6.53. The molecule has 0 saturated carbocycles. The minimum Gasteiger partial charge on any atom is -0.481 e. The number of methoxy groups -OCH3 is 1. The number of aromatic nitrogens is 2. The number of unbranched alkanes of at least 4 members (excludes halogenated alkanes) is 1. The van der Waals surface area contributed by atoms with Crippen molar-refractivity contribution in [3.63, 3.8) is 0 Å². The molecule has 0 fully saturated rings. The van der Waals surface area contributed by atoms with Crippen molar-refractivity contribution in [2.24, 2.45) is 0 Å². The first kappa shape index (κ1) is 17.0. The maximum atomic E-state index is 11.5. The van der Waals surface area contributed by atoms with Crippen molar-refractivity contribution < 1.29 is 19.4 Å². The van der Waals surface area contributed by atoms with Gasteiger partial charge in [0.2, 0.25) is 0 Å². The summed E-state index contributed by atoms with van der Waals surface area (Å²) < 4.78 is 6.95. The molecule has 1 heterocycles. The van der Waals surface area contributed by atoms with Gasteiger partial charge in [0, 0.05) is 39.1 Å². The van der Waals surface area contributed by atoms with Gasteiger partial charge in [-0.05, 0) is 12.8 Å². The minimum atomic E-state index is -0.955. The summed E-state index contributed by atoms with van der Waals surface area (Å²) in [6, 6.07) is -0.315. The fourth-order valence-electron chi connectivity index (χ4n) is 1.74. The third-order valence-corrected chi connectivity index (χ3v) is 2.91. The van der Waals surface area contributed by atoms with E-state index >= 15 is 0 Å². The monoisotopic (exact) mass is 298 g/mol. The van der Waals surface area contributed by atoms with Crippen LogP contribution in [0.1, 0.15) is 19.3 Å². The second-order valence-electron chi connectivity index (χ2n) is 4.60. The highest BCUT2D eigenvalue weighted by atomic mass is 16.5. The number of carboxylic acid groups (broad SMARTS) is 1. The first-order chi connectivity index (χ1) is 10.1. The fourth-order valence-corrected chi connectivity index (χ4v) is 1.74. The summed E-state index contributed by atoms with van der Waals surface area (Å²) in [6.45, 7) is 1.61. The molecule has 21 heavy (non-hydrogen) atoms. The van der Waals surface area contributed by atoms with Gasteiger partial charge in [-0.1, -0.05) is 0 Å². The van der Waals surface area contributed by atoms with Gasteiger partial charge in [0.15, 0.2) is 0 Å². The van der Waals surface area contributed by atoms with Gasteiger partial charge in [0.1, 0.15) is 0 Å². The van der Waals surface area contributed by atoms with Gasteiger partial charge >= 0.3 is 12.0 Å². The average Bonchev–Trinajstić information content (AvgIpc) is 2.95. The molecule has 1 aromatic rings. The Morgan fingerprint density at radius 3 is 2.81 bits per heavy atom. The van der Waals surface area contributed by atoms with Crippen molar-refractivity contribution >= 4 is 12.0 Å². The van der Waals surface area contributed by atoms with Crippen molar-refractivity contribution in [2.75, 3.05) is 20.2 Å². The summed E-state index contributed by atoms with van der Waals surface area (Å²) in [5.41, 5.74) is 0. The number of imidazole rings is 1. The smallest absolute Gasteiger partial charge is 0.314 e. The molecule has 1 atom stereocenters. The highest BCUT2D eigenvalue weighted by molar-refractivity contribution is 5.74. The van der Waals surface area contributed by atoms with Gasteiger partial charge in [0.05, 0.1) is 18.9 Å². The summed E-state index contributed by atoms with van der Waals surface area (Å²) in [5.74, 6) is -0.955. The summed E-state index contributed by atoms with van der Waals surface area (Å²) >= 11 is 0.